The molecular formula is C13H21BrN2O2. The molecule has 1 rings (SSSR count). The Kier molecular flexibility index (Phi) is 5.88. The quantitative estimate of drug-likeness (QED) is 0.877. The smallest absolute Gasteiger partial charge is 0.287 e. The molecule has 0 unspecified atom stereocenters. The predicted octanol–water partition coefficient (Wildman–Crippen LogP) is 2.89. The third-order valence-electron chi connectivity index (χ3n) is 2.78. The van der Waals surface area contributed by atoms with Crippen molar-refractivity contribution >= 4 is 21.8 Å². The van der Waals surface area contributed by atoms with Crippen LogP contribution in [0.2, 0.25) is 0 Å². The first-order valence-corrected chi connectivity index (χ1v) is 7.00. The van der Waals surface area contributed by atoms with Crippen LogP contribution in [-0.4, -0.2) is 36.0 Å². The van der Waals surface area contributed by atoms with Gasteiger partial charge in [-0.25, -0.2) is 0 Å². The molecule has 102 valence electrons. The summed E-state index contributed by atoms with van der Waals surface area (Å²) >= 11 is 3.18. The van der Waals surface area contributed by atoms with E-state index in [-0.39, 0.29) is 5.91 Å². The second-order valence-electron chi connectivity index (χ2n) is 4.78. The van der Waals surface area contributed by atoms with Crippen molar-refractivity contribution < 1.29 is 9.21 Å². The summed E-state index contributed by atoms with van der Waals surface area (Å²) in [7, 11) is 0. The number of furan rings is 1. The molecule has 0 saturated heterocycles. The maximum atomic E-state index is 11.7. The van der Waals surface area contributed by atoms with Crippen LogP contribution < -0.4 is 5.32 Å². The van der Waals surface area contributed by atoms with E-state index in [1.54, 1.807) is 12.1 Å². The van der Waals surface area contributed by atoms with Gasteiger partial charge in [-0.2, -0.15) is 0 Å². The van der Waals surface area contributed by atoms with Gasteiger partial charge in [0.2, 0.25) is 0 Å². The number of amides is 1. The van der Waals surface area contributed by atoms with Gasteiger partial charge in [-0.3, -0.25) is 9.69 Å². The Bertz CT molecular complexity index is 380. The Balaban J connectivity index is 2.39. The monoisotopic (exact) mass is 316 g/mol. The number of rotatable bonds is 6. The molecule has 0 radical (unpaired) electrons. The van der Waals surface area contributed by atoms with Gasteiger partial charge in [0, 0.05) is 25.2 Å². The van der Waals surface area contributed by atoms with Crippen molar-refractivity contribution in [1.82, 2.24) is 10.2 Å². The van der Waals surface area contributed by atoms with Crippen LogP contribution in [0.1, 0.15) is 38.2 Å². The van der Waals surface area contributed by atoms with Crippen molar-refractivity contribution in [3.8, 4) is 0 Å². The van der Waals surface area contributed by atoms with E-state index in [0.29, 0.717) is 29.1 Å². The second kappa shape index (κ2) is 6.95. The van der Waals surface area contributed by atoms with E-state index in [0.717, 1.165) is 6.54 Å². The summed E-state index contributed by atoms with van der Waals surface area (Å²) in [5, 5.41) is 2.86. The zero-order valence-electron chi connectivity index (χ0n) is 11.4. The lowest BCUT2D eigenvalue weighted by Crippen LogP contribution is -2.42. The fraction of sp³-hybridized carbons (Fsp3) is 0.615. The number of carbonyl (C=O) groups excluding carboxylic acids is 1. The van der Waals surface area contributed by atoms with Crippen LogP contribution in [0.15, 0.2) is 21.2 Å². The standard InChI is InChI=1S/C13H21BrN2O2/c1-9(2)16(10(3)4)8-7-15-13(17)11-5-6-12(14)18-11/h5-6,9-10H,7-8H2,1-4H3,(H,15,17). The van der Waals surface area contributed by atoms with Crippen LogP contribution in [0.3, 0.4) is 0 Å². The molecule has 0 bridgehead atoms. The molecule has 5 heteroatoms. The highest BCUT2D eigenvalue weighted by atomic mass is 79.9. The summed E-state index contributed by atoms with van der Waals surface area (Å²) in [5.41, 5.74) is 0. The van der Waals surface area contributed by atoms with Crippen molar-refractivity contribution in [3.05, 3.63) is 22.6 Å². The molecule has 0 aromatic carbocycles. The third kappa shape index (κ3) is 4.46. The molecule has 0 atom stereocenters. The van der Waals surface area contributed by atoms with Crippen LogP contribution in [-0.2, 0) is 0 Å². The number of halogens is 1. The van der Waals surface area contributed by atoms with Crippen LogP contribution in [0, 0.1) is 0 Å². The fourth-order valence-corrected chi connectivity index (χ4v) is 2.24. The first kappa shape index (κ1) is 15.2. The summed E-state index contributed by atoms with van der Waals surface area (Å²) < 4.78 is 5.76. The Hall–Kier alpha value is -0.810. The first-order chi connectivity index (χ1) is 8.41. The van der Waals surface area contributed by atoms with E-state index in [4.69, 9.17) is 4.42 Å². The van der Waals surface area contributed by atoms with Gasteiger partial charge >= 0.3 is 0 Å². The van der Waals surface area contributed by atoms with Gasteiger partial charge < -0.3 is 9.73 Å². The SMILES string of the molecule is CC(C)N(CCNC(=O)c1ccc(Br)o1)C(C)C. The highest BCUT2D eigenvalue weighted by Gasteiger charge is 2.14. The summed E-state index contributed by atoms with van der Waals surface area (Å²) in [4.78, 5) is 14.1. The molecule has 1 aromatic heterocycles. The Labute approximate surface area is 117 Å². The summed E-state index contributed by atoms with van der Waals surface area (Å²) in [6.45, 7) is 10.1. The number of carbonyl (C=O) groups is 1. The molecule has 0 fully saturated rings. The third-order valence-corrected chi connectivity index (χ3v) is 3.21. The van der Waals surface area contributed by atoms with Gasteiger partial charge in [0.1, 0.15) is 0 Å². The molecule has 1 amide bonds. The number of hydrogen-bond acceptors (Lipinski definition) is 3. The summed E-state index contributed by atoms with van der Waals surface area (Å²) in [6.07, 6.45) is 0. The van der Waals surface area contributed by atoms with Crippen LogP contribution in [0.5, 0.6) is 0 Å². The molecule has 0 spiro atoms. The van der Waals surface area contributed by atoms with E-state index in [2.05, 4.69) is 53.8 Å². The molecule has 0 aliphatic rings. The molecule has 0 saturated carbocycles. The molecule has 18 heavy (non-hydrogen) atoms. The van der Waals surface area contributed by atoms with Crippen LogP contribution >= 0.6 is 15.9 Å². The molecule has 1 aromatic rings. The summed E-state index contributed by atoms with van der Waals surface area (Å²) in [5.74, 6) is 0.163. The molecule has 1 N–H and O–H groups in total. The molecule has 1 heterocycles. The second-order valence-corrected chi connectivity index (χ2v) is 5.57. The first-order valence-electron chi connectivity index (χ1n) is 6.21. The molecular weight excluding hydrogens is 296 g/mol. The topological polar surface area (TPSA) is 45.5 Å². The summed E-state index contributed by atoms with van der Waals surface area (Å²) in [6, 6.07) is 4.31. The minimum absolute atomic E-state index is 0.173. The minimum Gasteiger partial charge on any atom is -0.444 e. The van der Waals surface area contributed by atoms with Crippen molar-refractivity contribution in [2.24, 2.45) is 0 Å². The normalized spacial score (nSPS) is 11.6. The fourth-order valence-electron chi connectivity index (χ4n) is 1.93. The van der Waals surface area contributed by atoms with Gasteiger partial charge in [0.25, 0.3) is 5.91 Å². The van der Waals surface area contributed by atoms with E-state index < -0.39 is 0 Å². The lowest BCUT2D eigenvalue weighted by molar-refractivity contribution is 0.0910. The highest BCUT2D eigenvalue weighted by molar-refractivity contribution is 9.10. The van der Waals surface area contributed by atoms with Crippen molar-refractivity contribution in [2.75, 3.05) is 13.1 Å². The van der Waals surface area contributed by atoms with Gasteiger partial charge in [-0.05, 0) is 55.8 Å². The van der Waals surface area contributed by atoms with Gasteiger partial charge in [-0.15, -0.1) is 0 Å². The van der Waals surface area contributed by atoms with Gasteiger partial charge in [-0.1, -0.05) is 0 Å². The maximum absolute atomic E-state index is 11.7. The van der Waals surface area contributed by atoms with Crippen molar-refractivity contribution in [1.29, 1.82) is 0 Å². The largest absolute Gasteiger partial charge is 0.444 e. The minimum atomic E-state index is -0.173. The molecule has 0 aliphatic heterocycles. The van der Waals surface area contributed by atoms with Gasteiger partial charge in [0.05, 0.1) is 0 Å². The highest BCUT2D eigenvalue weighted by Crippen LogP contribution is 2.13. The van der Waals surface area contributed by atoms with Crippen molar-refractivity contribution in [3.63, 3.8) is 0 Å². The Morgan fingerprint density at radius 1 is 1.33 bits per heavy atom. The Morgan fingerprint density at radius 3 is 2.39 bits per heavy atom. The average Bonchev–Trinajstić information content (AvgIpc) is 2.69. The zero-order chi connectivity index (χ0) is 13.7. The Morgan fingerprint density at radius 2 is 1.94 bits per heavy atom. The van der Waals surface area contributed by atoms with Crippen LogP contribution in [0.25, 0.3) is 0 Å². The molecule has 0 aliphatic carbocycles. The van der Waals surface area contributed by atoms with E-state index in [9.17, 15) is 4.79 Å². The lowest BCUT2D eigenvalue weighted by atomic mass is 10.2. The number of nitrogens with one attached hydrogen (secondary N) is 1. The lowest BCUT2D eigenvalue weighted by Gasteiger charge is -2.30. The zero-order valence-corrected chi connectivity index (χ0v) is 13.0. The van der Waals surface area contributed by atoms with Crippen molar-refractivity contribution in [2.45, 2.75) is 39.8 Å². The predicted molar refractivity (Wildman–Crippen MR) is 75.7 cm³/mol. The number of hydrogen-bond donors (Lipinski definition) is 1. The van der Waals surface area contributed by atoms with E-state index in [1.807, 2.05) is 0 Å². The number of nitrogens with zero attached hydrogens (tertiary/aromatic N) is 1. The van der Waals surface area contributed by atoms with E-state index >= 15 is 0 Å². The van der Waals surface area contributed by atoms with Gasteiger partial charge in [0.15, 0.2) is 10.4 Å². The van der Waals surface area contributed by atoms with E-state index in [1.165, 1.54) is 0 Å². The maximum Gasteiger partial charge on any atom is 0.287 e. The van der Waals surface area contributed by atoms with Crippen LogP contribution in [0.4, 0.5) is 0 Å². The molecule has 4 nitrogen and oxygen atoms in total. The average molecular weight is 317 g/mol.